The minimum Gasteiger partial charge on any atom is -0.397 e. The minimum absolute atomic E-state index is 0.0728. The highest BCUT2D eigenvalue weighted by molar-refractivity contribution is 5.97. The van der Waals surface area contributed by atoms with E-state index < -0.39 is 0 Å². The summed E-state index contributed by atoms with van der Waals surface area (Å²) in [6.45, 7) is 7.22. The summed E-state index contributed by atoms with van der Waals surface area (Å²) in [7, 11) is 0. The number of nitrogens with two attached hydrogens (primary N) is 2. The van der Waals surface area contributed by atoms with Crippen molar-refractivity contribution in [3.63, 3.8) is 0 Å². The van der Waals surface area contributed by atoms with Crippen molar-refractivity contribution in [2.24, 2.45) is 5.84 Å². The van der Waals surface area contributed by atoms with E-state index in [1.807, 2.05) is 44.3 Å². The highest BCUT2D eigenvalue weighted by Crippen LogP contribution is 2.31. The lowest BCUT2D eigenvalue weighted by atomic mass is 10.1. The largest absolute Gasteiger partial charge is 0.397 e. The fraction of sp³-hybridized carbons (Fsp3) is 0.350. The van der Waals surface area contributed by atoms with Crippen LogP contribution < -0.4 is 26.8 Å². The molecule has 0 unspecified atom stereocenters. The summed E-state index contributed by atoms with van der Waals surface area (Å²) in [6.07, 6.45) is 3.60. The lowest BCUT2D eigenvalue weighted by Gasteiger charge is -2.28. The van der Waals surface area contributed by atoms with E-state index in [2.05, 4.69) is 25.2 Å². The number of rotatable bonds is 5. The van der Waals surface area contributed by atoms with Crippen LogP contribution in [0, 0.1) is 0 Å². The minimum atomic E-state index is 0.0728. The number of aromatic nitrogens is 3. The Kier molecular flexibility index (Phi) is 5.32. The number of nitrogens with one attached hydrogen (secondary N) is 1. The molecule has 3 aromatic rings. The van der Waals surface area contributed by atoms with Crippen LogP contribution in [0.1, 0.15) is 13.8 Å². The fourth-order valence-corrected chi connectivity index (χ4v) is 3.27. The van der Waals surface area contributed by atoms with Gasteiger partial charge in [0.1, 0.15) is 17.0 Å². The molecule has 1 aromatic carbocycles. The number of fused-ring (bicyclic) bond motifs is 1. The molecule has 152 valence electrons. The first kappa shape index (κ1) is 19.2. The molecule has 1 fully saturated rings. The molecule has 0 amide bonds. The number of hydrazine groups is 1. The standard InChI is InChI=1S/C20H26N8O/c1-13(2)28(22)19-16(21)5-3-14-11-24-20(26-18(14)19)25-17-6-4-15(12-23-17)27-7-9-29-10-8-27/h3-6,11-13H,7-10,21-22H2,1-2H3,(H,23,24,25,26). The lowest BCUT2D eigenvalue weighted by Crippen LogP contribution is -2.38. The number of hydrogen-bond donors (Lipinski definition) is 3. The molecule has 0 spiro atoms. The maximum atomic E-state index is 6.24. The van der Waals surface area contributed by atoms with Gasteiger partial charge < -0.3 is 25.7 Å². The van der Waals surface area contributed by atoms with Gasteiger partial charge in [-0.05, 0) is 38.1 Å². The molecular weight excluding hydrogens is 368 g/mol. The Morgan fingerprint density at radius 2 is 1.90 bits per heavy atom. The maximum Gasteiger partial charge on any atom is 0.228 e. The summed E-state index contributed by atoms with van der Waals surface area (Å²) in [5.74, 6) is 7.35. The van der Waals surface area contributed by atoms with Gasteiger partial charge in [0, 0.05) is 30.7 Å². The smallest absolute Gasteiger partial charge is 0.228 e. The number of pyridine rings is 1. The molecule has 1 aliphatic heterocycles. The Bertz CT molecular complexity index is 986. The molecule has 2 aromatic heterocycles. The van der Waals surface area contributed by atoms with E-state index in [0.29, 0.717) is 28.7 Å². The molecule has 3 heterocycles. The summed E-state index contributed by atoms with van der Waals surface area (Å²) < 4.78 is 5.40. The summed E-state index contributed by atoms with van der Waals surface area (Å²) in [6, 6.07) is 7.74. The van der Waals surface area contributed by atoms with Gasteiger partial charge >= 0.3 is 0 Å². The molecule has 0 aliphatic carbocycles. The Balaban J connectivity index is 1.60. The second kappa shape index (κ2) is 8.06. The van der Waals surface area contributed by atoms with E-state index in [0.717, 1.165) is 37.4 Å². The van der Waals surface area contributed by atoms with Crippen molar-refractivity contribution in [3.8, 4) is 0 Å². The summed E-state index contributed by atoms with van der Waals surface area (Å²) >= 11 is 0. The first-order valence-electron chi connectivity index (χ1n) is 9.68. The fourth-order valence-electron chi connectivity index (χ4n) is 3.27. The monoisotopic (exact) mass is 394 g/mol. The zero-order valence-corrected chi connectivity index (χ0v) is 16.7. The highest BCUT2D eigenvalue weighted by Gasteiger charge is 2.16. The van der Waals surface area contributed by atoms with E-state index >= 15 is 0 Å². The summed E-state index contributed by atoms with van der Waals surface area (Å²) in [5.41, 5.74) is 9.23. The van der Waals surface area contributed by atoms with Crippen LogP contribution in [-0.4, -0.2) is 47.3 Å². The molecule has 4 rings (SSSR count). The van der Waals surface area contributed by atoms with Gasteiger partial charge in [-0.1, -0.05) is 0 Å². The van der Waals surface area contributed by atoms with Gasteiger partial charge in [-0.2, -0.15) is 0 Å². The number of anilines is 5. The molecule has 0 saturated carbocycles. The van der Waals surface area contributed by atoms with E-state index in [1.54, 1.807) is 11.2 Å². The zero-order chi connectivity index (χ0) is 20.4. The van der Waals surface area contributed by atoms with Gasteiger partial charge in [-0.25, -0.2) is 20.8 Å². The molecule has 0 radical (unpaired) electrons. The second-order valence-corrected chi connectivity index (χ2v) is 7.26. The SMILES string of the molecule is CC(C)N(N)c1c(N)ccc2cnc(Nc3ccc(N4CCOCC4)cn3)nc12. The topological polar surface area (TPSA) is 118 Å². The Labute approximate surface area is 169 Å². The van der Waals surface area contributed by atoms with E-state index in [4.69, 9.17) is 16.3 Å². The van der Waals surface area contributed by atoms with Crippen molar-refractivity contribution in [1.82, 2.24) is 15.0 Å². The van der Waals surface area contributed by atoms with Crippen LogP contribution in [0.15, 0.2) is 36.7 Å². The van der Waals surface area contributed by atoms with Gasteiger partial charge in [0.25, 0.3) is 0 Å². The molecule has 1 saturated heterocycles. The Morgan fingerprint density at radius 3 is 2.59 bits per heavy atom. The normalized spacial score (nSPS) is 14.4. The number of benzene rings is 1. The quantitative estimate of drug-likeness (QED) is 0.340. The number of hydrogen-bond acceptors (Lipinski definition) is 9. The molecule has 5 N–H and O–H groups in total. The molecule has 0 bridgehead atoms. The van der Waals surface area contributed by atoms with Crippen LogP contribution >= 0.6 is 0 Å². The predicted molar refractivity (Wildman–Crippen MR) is 116 cm³/mol. The number of ether oxygens (including phenoxy) is 1. The van der Waals surface area contributed by atoms with Crippen molar-refractivity contribution < 1.29 is 4.74 Å². The van der Waals surface area contributed by atoms with Crippen LogP contribution in [-0.2, 0) is 4.74 Å². The summed E-state index contributed by atoms with van der Waals surface area (Å²) in [5, 5.41) is 5.66. The van der Waals surface area contributed by atoms with E-state index in [-0.39, 0.29) is 6.04 Å². The molecule has 0 atom stereocenters. The van der Waals surface area contributed by atoms with Gasteiger partial charge in [-0.3, -0.25) is 0 Å². The van der Waals surface area contributed by atoms with Crippen LogP contribution in [0.3, 0.4) is 0 Å². The van der Waals surface area contributed by atoms with Gasteiger partial charge in [0.15, 0.2) is 0 Å². The Hall–Kier alpha value is -3.17. The molecule has 9 nitrogen and oxygen atoms in total. The van der Waals surface area contributed by atoms with Gasteiger partial charge in [0.05, 0.1) is 30.8 Å². The highest BCUT2D eigenvalue weighted by atomic mass is 16.5. The zero-order valence-electron chi connectivity index (χ0n) is 16.7. The number of nitrogens with zero attached hydrogens (tertiary/aromatic N) is 5. The number of morpholine rings is 1. The molecular formula is C20H26N8O. The third-order valence-corrected chi connectivity index (χ3v) is 4.94. The first-order chi connectivity index (χ1) is 14.0. The van der Waals surface area contributed by atoms with Crippen LogP contribution in [0.4, 0.5) is 28.8 Å². The van der Waals surface area contributed by atoms with Crippen molar-refractivity contribution in [3.05, 3.63) is 36.7 Å². The van der Waals surface area contributed by atoms with Crippen molar-refractivity contribution in [1.29, 1.82) is 0 Å². The molecule has 1 aliphatic rings. The Morgan fingerprint density at radius 1 is 1.10 bits per heavy atom. The van der Waals surface area contributed by atoms with Crippen LogP contribution in [0.2, 0.25) is 0 Å². The predicted octanol–water partition coefficient (Wildman–Crippen LogP) is 2.28. The molecule has 9 heteroatoms. The first-order valence-corrected chi connectivity index (χ1v) is 9.68. The van der Waals surface area contributed by atoms with Crippen molar-refractivity contribution >= 4 is 39.7 Å². The number of nitrogen functional groups attached to an aromatic ring is 1. The van der Waals surface area contributed by atoms with Gasteiger partial charge in [-0.15, -0.1) is 0 Å². The average Bonchev–Trinajstić information content (AvgIpc) is 2.74. The lowest BCUT2D eigenvalue weighted by molar-refractivity contribution is 0.122. The van der Waals surface area contributed by atoms with Crippen molar-refractivity contribution in [2.75, 3.05) is 47.3 Å². The van der Waals surface area contributed by atoms with E-state index in [1.165, 1.54) is 0 Å². The van der Waals surface area contributed by atoms with E-state index in [9.17, 15) is 0 Å². The van der Waals surface area contributed by atoms with Crippen molar-refractivity contribution in [2.45, 2.75) is 19.9 Å². The average molecular weight is 394 g/mol. The summed E-state index contributed by atoms with van der Waals surface area (Å²) in [4.78, 5) is 15.8. The van der Waals surface area contributed by atoms with Crippen LogP contribution in [0.5, 0.6) is 0 Å². The molecule has 29 heavy (non-hydrogen) atoms. The maximum absolute atomic E-state index is 6.24. The van der Waals surface area contributed by atoms with Gasteiger partial charge in [0.2, 0.25) is 5.95 Å². The second-order valence-electron chi connectivity index (χ2n) is 7.26. The third kappa shape index (κ3) is 4.01. The van der Waals surface area contributed by atoms with Crippen LogP contribution in [0.25, 0.3) is 10.9 Å². The third-order valence-electron chi connectivity index (χ3n) is 4.94.